The summed E-state index contributed by atoms with van der Waals surface area (Å²) in [6.07, 6.45) is 1.14. The number of rotatable bonds is 8. The van der Waals surface area contributed by atoms with Crippen LogP contribution in [0.4, 0.5) is 10.7 Å². The van der Waals surface area contributed by atoms with E-state index in [0.717, 1.165) is 24.5 Å². The highest BCUT2D eigenvalue weighted by Crippen LogP contribution is 2.28. The molecule has 0 bridgehead atoms. The molecule has 0 aliphatic carbocycles. The van der Waals surface area contributed by atoms with Gasteiger partial charge in [-0.05, 0) is 33.4 Å². The van der Waals surface area contributed by atoms with E-state index in [-0.39, 0.29) is 5.91 Å². The molecule has 1 aromatic heterocycles. The van der Waals surface area contributed by atoms with Crippen LogP contribution in [0.3, 0.4) is 0 Å². The van der Waals surface area contributed by atoms with Crippen LogP contribution in [-0.4, -0.2) is 43.5 Å². The first kappa shape index (κ1) is 16.8. The molecule has 0 saturated heterocycles. The highest BCUT2D eigenvalue weighted by molar-refractivity contribution is 7.18. The molecule has 0 saturated carbocycles. The molecule has 0 fully saturated rings. The van der Waals surface area contributed by atoms with E-state index < -0.39 is 0 Å². The van der Waals surface area contributed by atoms with Crippen molar-refractivity contribution in [1.29, 1.82) is 0 Å². The van der Waals surface area contributed by atoms with Crippen LogP contribution in [-0.2, 0) is 0 Å². The lowest BCUT2D eigenvalue weighted by molar-refractivity contribution is 0.0960. The number of nitrogens with two attached hydrogens (primary N) is 1. The topological polar surface area (TPSA) is 70.4 Å². The summed E-state index contributed by atoms with van der Waals surface area (Å²) in [6.45, 7) is 8.71. The van der Waals surface area contributed by atoms with Crippen molar-refractivity contribution in [3.63, 3.8) is 0 Å². The normalized spacial score (nSPS) is 12.4. The van der Waals surface area contributed by atoms with Gasteiger partial charge in [-0.2, -0.15) is 0 Å². The fraction of sp³-hybridized carbons (Fsp3) is 0.643. The van der Waals surface area contributed by atoms with Crippen molar-refractivity contribution in [2.24, 2.45) is 0 Å². The number of amides is 1. The summed E-state index contributed by atoms with van der Waals surface area (Å²) >= 11 is 1.41. The van der Waals surface area contributed by atoms with Crippen LogP contribution >= 0.6 is 11.3 Å². The number of hydrogen-bond donors (Lipinski definition) is 3. The van der Waals surface area contributed by atoms with Gasteiger partial charge in [0.25, 0.3) is 5.91 Å². The predicted octanol–water partition coefficient (Wildman–Crippen LogP) is 2.22. The second-order valence-electron chi connectivity index (χ2n) is 4.92. The Balaban J connectivity index is 2.49. The van der Waals surface area contributed by atoms with Crippen molar-refractivity contribution in [3.05, 3.63) is 10.9 Å². The van der Waals surface area contributed by atoms with Gasteiger partial charge in [-0.25, -0.2) is 0 Å². The SMILES string of the molecule is CCNC(=O)c1sc(NCCN(C)C(C)CC)cc1N. The number of anilines is 2. The van der Waals surface area contributed by atoms with Crippen molar-refractivity contribution in [3.8, 4) is 0 Å². The molecule has 20 heavy (non-hydrogen) atoms. The minimum Gasteiger partial charge on any atom is -0.397 e. The lowest BCUT2D eigenvalue weighted by atomic mass is 10.2. The Morgan fingerprint density at radius 3 is 2.80 bits per heavy atom. The van der Waals surface area contributed by atoms with E-state index in [9.17, 15) is 4.79 Å². The average molecular weight is 298 g/mol. The van der Waals surface area contributed by atoms with Crippen LogP contribution in [0.25, 0.3) is 0 Å². The number of hydrogen-bond acceptors (Lipinski definition) is 5. The van der Waals surface area contributed by atoms with Gasteiger partial charge in [0.05, 0.1) is 10.7 Å². The Labute approximate surface area is 125 Å². The van der Waals surface area contributed by atoms with Crippen molar-refractivity contribution >= 4 is 27.9 Å². The number of nitrogens with zero attached hydrogens (tertiary/aromatic N) is 1. The van der Waals surface area contributed by atoms with Gasteiger partial charge < -0.3 is 21.3 Å². The van der Waals surface area contributed by atoms with E-state index in [1.54, 1.807) is 0 Å². The predicted molar refractivity (Wildman–Crippen MR) is 87.6 cm³/mol. The third kappa shape index (κ3) is 4.68. The fourth-order valence-corrected chi connectivity index (χ4v) is 2.72. The molecule has 0 aliphatic heterocycles. The van der Waals surface area contributed by atoms with Gasteiger partial charge in [0.15, 0.2) is 0 Å². The molecule has 1 aromatic rings. The molecular formula is C14H26N4OS. The van der Waals surface area contributed by atoms with Gasteiger partial charge >= 0.3 is 0 Å². The van der Waals surface area contributed by atoms with E-state index in [4.69, 9.17) is 5.73 Å². The third-order valence-electron chi connectivity index (χ3n) is 3.41. The lowest BCUT2D eigenvalue weighted by Crippen LogP contribution is -2.32. The maximum atomic E-state index is 11.8. The summed E-state index contributed by atoms with van der Waals surface area (Å²) in [6, 6.07) is 2.41. The summed E-state index contributed by atoms with van der Waals surface area (Å²) in [5, 5.41) is 7.04. The van der Waals surface area contributed by atoms with E-state index in [2.05, 4.69) is 36.4 Å². The monoisotopic (exact) mass is 298 g/mol. The van der Waals surface area contributed by atoms with Gasteiger partial charge in [-0.3, -0.25) is 4.79 Å². The van der Waals surface area contributed by atoms with Gasteiger partial charge in [0, 0.05) is 25.7 Å². The number of likely N-dealkylation sites (N-methyl/N-ethyl adjacent to an activating group) is 1. The van der Waals surface area contributed by atoms with Crippen molar-refractivity contribution < 1.29 is 4.79 Å². The first-order chi connectivity index (χ1) is 9.49. The number of nitrogen functional groups attached to an aromatic ring is 1. The van der Waals surface area contributed by atoms with Gasteiger partial charge in [0.2, 0.25) is 0 Å². The smallest absolute Gasteiger partial charge is 0.263 e. The van der Waals surface area contributed by atoms with Gasteiger partial charge in [-0.15, -0.1) is 11.3 Å². The minimum absolute atomic E-state index is 0.0974. The van der Waals surface area contributed by atoms with Crippen LogP contribution in [0.15, 0.2) is 6.07 Å². The van der Waals surface area contributed by atoms with Crippen LogP contribution in [0.2, 0.25) is 0 Å². The van der Waals surface area contributed by atoms with Crippen LogP contribution < -0.4 is 16.4 Å². The summed E-state index contributed by atoms with van der Waals surface area (Å²) < 4.78 is 0. The summed E-state index contributed by atoms with van der Waals surface area (Å²) in [5.41, 5.74) is 6.41. The van der Waals surface area contributed by atoms with Gasteiger partial charge in [-0.1, -0.05) is 6.92 Å². The maximum Gasteiger partial charge on any atom is 0.263 e. The number of carbonyl (C=O) groups is 1. The molecular weight excluding hydrogens is 272 g/mol. The standard InChI is InChI=1S/C14H26N4OS/c1-5-10(3)18(4)8-7-17-12-9-11(15)13(20-12)14(19)16-6-2/h9-10,17H,5-8,15H2,1-4H3,(H,16,19). The summed E-state index contributed by atoms with van der Waals surface area (Å²) in [7, 11) is 2.12. The van der Waals surface area contributed by atoms with Crippen LogP contribution in [0.1, 0.15) is 36.9 Å². The van der Waals surface area contributed by atoms with E-state index in [0.29, 0.717) is 23.2 Å². The summed E-state index contributed by atoms with van der Waals surface area (Å²) in [4.78, 5) is 14.7. The minimum atomic E-state index is -0.0974. The highest BCUT2D eigenvalue weighted by Gasteiger charge is 2.13. The largest absolute Gasteiger partial charge is 0.397 e. The van der Waals surface area contributed by atoms with E-state index in [1.165, 1.54) is 11.3 Å². The zero-order valence-electron chi connectivity index (χ0n) is 12.8. The number of carbonyl (C=O) groups excluding carboxylic acids is 1. The van der Waals surface area contributed by atoms with Crippen LogP contribution in [0.5, 0.6) is 0 Å². The molecule has 0 radical (unpaired) electrons. The fourth-order valence-electron chi connectivity index (χ4n) is 1.80. The molecule has 1 rings (SSSR count). The highest BCUT2D eigenvalue weighted by atomic mass is 32.1. The Morgan fingerprint density at radius 1 is 1.50 bits per heavy atom. The zero-order valence-corrected chi connectivity index (χ0v) is 13.6. The molecule has 0 aromatic carbocycles. The Kier molecular flexibility index (Phi) is 6.81. The Morgan fingerprint density at radius 2 is 2.20 bits per heavy atom. The molecule has 1 unspecified atom stereocenters. The quantitative estimate of drug-likeness (QED) is 0.688. The van der Waals surface area contributed by atoms with Crippen molar-refractivity contribution in [2.45, 2.75) is 33.2 Å². The molecule has 1 atom stereocenters. The molecule has 0 aliphatic rings. The molecule has 1 amide bonds. The second kappa shape index (κ2) is 8.11. The van der Waals surface area contributed by atoms with Gasteiger partial charge in [0.1, 0.15) is 4.88 Å². The Bertz CT molecular complexity index is 433. The summed E-state index contributed by atoms with van der Waals surface area (Å²) in [5.74, 6) is -0.0974. The van der Waals surface area contributed by atoms with Crippen molar-refractivity contribution in [1.82, 2.24) is 10.2 Å². The molecule has 6 heteroatoms. The number of thiophene rings is 1. The second-order valence-corrected chi connectivity index (χ2v) is 5.97. The van der Waals surface area contributed by atoms with Crippen molar-refractivity contribution in [2.75, 3.05) is 37.7 Å². The molecule has 114 valence electrons. The molecule has 4 N–H and O–H groups in total. The molecule has 1 heterocycles. The third-order valence-corrected chi connectivity index (χ3v) is 4.52. The Hall–Kier alpha value is -1.27. The lowest BCUT2D eigenvalue weighted by Gasteiger charge is -2.23. The maximum absolute atomic E-state index is 11.8. The van der Waals surface area contributed by atoms with E-state index >= 15 is 0 Å². The average Bonchev–Trinajstić information content (AvgIpc) is 2.79. The van der Waals surface area contributed by atoms with Crippen LogP contribution in [0, 0.1) is 0 Å². The molecule has 5 nitrogen and oxygen atoms in total. The molecule has 0 spiro atoms. The zero-order chi connectivity index (χ0) is 15.1. The van der Waals surface area contributed by atoms with E-state index in [1.807, 2.05) is 13.0 Å². The number of nitrogens with one attached hydrogen (secondary N) is 2. The first-order valence-electron chi connectivity index (χ1n) is 7.11. The first-order valence-corrected chi connectivity index (χ1v) is 7.92.